The molecule has 2 rings (SSSR count). The van der Waals surface area contributed by atoms with Gasteiger partial charge >= 0.3 is 56.5 Å². The van der Waals surface area contributed by atoms with Crippen molar-refractivity contribution in [2.75, 3.05) is 0 Å². The Morgan fingerprint density at radius 1 is 0.724 bits per heavy atom. The van der Waals surface area contributed by atoms with Crippen molar-refractivity contribution in [3.63, 3.8) is 0 Å². The molecule has 0 spiro atoms. The molecular formula is C19H25O6PSi2W. The summed E-state index contributed by atoms with van der Waals surface area (Å²) in [4.78, 5) is 0.908. The molecule has 6 nitrogen and oxygen atoms in total. The van der Waals surface area contributed by atoms with E-state index in [9.17, 15) is 0 Å². The van der Waals surface area contributed by atoms with E-state index in [0.29, 0.717) is 5.85 Å². The van der Waals surface area contributed by atoms with Crippen molar-refractivity contribution in [3.05, 3.63) is 69.1 Å². The van der Waals surface area contributed by atoms with Crippen molar-refractivity contribution in [2.24, 2.45) is 0 Å². The van der Waals surface area contributed by atoms with Crippen LogP contribution < -0.4 is 0 Å². The molecule has 1 aromatic rings. The Labute approximate surface area is 191 Å². The van der Waals surface area contributed by atoms with E-state index in [1.54, 1.807) is 0 Å². The number of hydrogen-bond donors (Lipinski definition) is 0. The molecule has 0 aromatic heterocycles. The van der Waals surface area contributed by atoms with E-state index in [-0.39, 0.29) is 29.2 Å². The summed E-state index contributed by atoms with van der Waals surface area (Å²) in [5, 5.41) is 0. The number of rotatable bonds is 4. The third-order valence-electron chi connectivity index (χ3n) is 3.39. The van der Waals surface area contributed by atoms with Gasteiger partial charge in [-0.3, -0.25) is 0 Å². The Morgan fingerprint density at radius 3 is 1.31 bits per heavy atom. The van der Waals surface area contributed by atoms with Crippen molar-refractivity contribution >= 4 is 24.3 Å². The van der Waals surface area contributed by atoms with E-state index < -0.39 is 16.1 Å². The largest absolute Gasteiger partial charge is 0 e. The maximum atomic E-state index is 7.50. The summed E-state index contributed by atoms with van der Waals surface area (Å²) in [6, 6.07) is 10.8. The Hall–Kier alpha value is -0.568. The normalized spacial score (nSPS) is 15.5. The van der Waals surface area contributed by atoms with Crippen LogP contribution in [0.1, 0.15) is 11.4 Å². The first-order chi connectivity index (χ1) is 13.2. The molecule has 1 aliphatic heterocycles. The van der Waals surface area contributed by atoms with Crippen LogP contribution in [-0.2, 0) is 48.8 Å². The first-order valence-corrected chi connectivity index (χ1v) is 16.3. The Bertz CT molecular complexity index is 569. The molecule has 10 heteroatoms. The average molecular weight is 620 g/mol. The van der Waals surface area contributed by atoms with Crippen molar-refractivity contribution < 1.29 is 48.8 Å². The summed E-state index contributed by atoms with van der Waals surface area (Å²) in [6.07, 6.45) is 0. The minimum absolute atomic E-state index is 0. The summed E-state index contributed by atoms with van der Waals surface area (Å²) < 4.78 is 43.7. The van der Waals surface area contributed by atoms with Crippen molar-refractivity contribution in [1.82, 2.24) is 0 Å². The van der Waals surface area contributed by atoms with Gasteiger partial charge in [0, 0.05) is 21.1 Å². The second-order valence-electron chi connectivity index (χ2n) is 7.36. The average Bonchev–Trinajstić information content (AvgIpc) is 3.48. The molecule has 156 valence electrons. The predicted octanol–water partition coefficient (Wildman–Crippen LogP) is 5.05. The van der Waals surface area contributed by atoms with Crippen molar-refractivity contribution in [2.45, 2.75) is 50.0 Å². The smallest absolute Gasteiger partial charge is 0 e. The minimum Gasteiger partial charge on any atom is 0 e. The monoisotopic (exact) mass is 620 g/mol. The Kier molecular flexibility index (Phi) is 29.7. The van der Waals surface area contributed by atoms with Crippen molar-refractivity contribution in [3.8, 4) is 0 Å². The van der Waals surface area contributed by atoms with Crippen LogP contribution in [0.3, 0.4) is 0 Å². The zero-order valence-corrected chi connectivity index (χ0v) is 23.2. The van der Waals surface area contributed by atoms with Gasteiger partial charge < -0.3 is 4.52 Å². The van der Waals surface area contributed by atoms with E-state index >= 15 is 0 Å². The third-order valence-corrected chi connectivity index (χ3v) is 19.7. The zero-order valence-electron chi connectivity index (χ0n) is 17.3. The van der Waals surface area contributed by atoms with Gasteiger partial charge in [-0.25, -0.2) is 0 Å². The molecule has 0 radical (unpaired) electrons. The van der Waals surface area contributed by atoms with Gasteiger partial charge in [0.1, 0.15) is 5.85 Å². The molecule has 29 heavy (non-hydrogen) atoms. The summed E-state index contributed by atoms with van der Waals surface area (Å²) in [7, 11) is -2.47. The van der Waals surface area contributed by atoms with Gasteiger partial charge in [-0.05, 0) is 10.5 Å². The summed E-state index contributed by atoms with van der Waals surface area (Å²) in [6.45, 7) is 37.6. The molecule has 1 heterocycles. The fraction of sp³-hybridized carbons (Fsp3) is 0.421. The Morgan fingerprint density at radius 2 is 1.03 bits per heavy atom. The molecule has 0 N–H and O–H groups in total. The maximum Gasteiger partial charge on any atom is 0 e. The Balaban J connectivity index is -0.000000153. The van der Waals surface area contributed by atoms with Crippen LogP contribution in [0.25, 0.3) is 0 Å². The molecule has 0 aliphatic carbocycles. The molecule has 0 saturated carbocycles. The predicted molar refractivity (Wildman–Crippen MR) is 107 cm³/mol. The molecule has 0 unspecified atom stereocenters. The minimum atomic E-state index is -1.13. The molecule has 1 fully saturated rings. The van der Waals surface area contributed by atoms with Crippen LogP contribution >= 0.6 is 8.15 Å². The maximum absolute atomic E-state index is 7.50. The molecule has 2 atom stereocenters. The topological polar surface area (TPSA) is 112 Å². The van der Waals surface area contributed by atoms with E-state index in [0.717, 1.165) is 4.91 Å². The first kappa shape index (κ1) is 39.0. The van der Waals surface area contributed by atoms with E-state index in [1.807, 2.05) is 0 Å². The van der Waals surface area contributed by atoms with Gasteiger partial charge in [0.05, 0.1) is 24.3 Å². The summed E-state index contributed by atoms with van der Waals surface area (Å²) in [5.74, 6) is 0.435. The molecule has 0 bridgehead atoms. The number of hydrogen-bond acceptors (Lipinski definition) is 1. The van der Waals surface area contributed by atoms with Crippen LogP contribution in [0.5, 0.6) is 0 Å². The van der Waals surface area contributed by atoms with Crippen LogP contribution in [0.2, 0.25) is 39.3 Å². The van der Waals surface area contributed by atoms with Gasteiger partial charge in [0.15, 0.2) is 0 Å². The van der Waals surface area contributed by atoms with Gasteiger partial charge in [-0.2, -0.15) is 0 Å². The summed E-state index contributed by atoms with van der Waals surface area (Å²) >= 11 is 0. The zero-order chi connectivity index (χ0) is 23.6. The molecular weight excluding hydrogens is 595 g/mol. The van der Waals surface area contributed by atoms with Crippen molar-refractivity contribution in [1.29, 1.82) is 0 Å². The van der Waals surface area contributed by atoms with Gasteiger partial charge in [-0.15, -0.1) is 0 Å². The molecule has 1 saturated heterocycles. The van der Waals surface area contributed by atoms with Gasteiger partial charge in [-0.1, -0.05) is 69.6 Å². The fourth-order valence-electron chi connectivity index (χ4n) is 3.17. The second-order valence-corrected chi connectivity index (χ2v) is 21.4. The third kappa shape index (κ3) is 15.9. The van der Waals surface area contributed by atoms with Gasteiger partial charge in [0.2, 0.25) is 0 Å². The van der Waals surface area contributed by atoms with Gasteiger partial charge in [0.25, 0.3) is 0 Å². The quantitative estimate of drug-likeness (QED) is 0.152. The van der Waals surface area contributed by atoms with Crippen LogP contribution in [-0.4, -0.2) is 21.1 Å². The van der Waals surface area contributed by atoms with Crippen LogP contribution in [0, 0.1) is 33.3 Å². The SMILES string of the molecule is C[Si](C)(C)C([P@]1O[C@@H]1c1ccccc1)[Si](C)(C)C.[C-]#[O+].[C-]#[O+].[C-]#[O+].[C-]#[O+].[C-]#[O+].[W]. The number of benzene rings is 1. The molecule has 0 amide bonds. The second kappa shape index (κ2) is 22.1. The summed E-state index contributed by atoms with van der Waals surface area (Å²) in [5.41, 5.74) is 1.39. The van der Waals surface area contributed by atoms with E-state index in [2.05, 4.69) is 103 Å². The van der Waals surface area contributed by atoms with Crippen LogP contribution in [0.4, 0.5) is 0 Å². The van der Waals surface area contributed by atoms with E-state index in [1.165, 1.54) is 5.56 Å². The fourth-order valence-corrected chi connectivity index (χ4v) is 22.2. The van der Waals surface area contributed by atoms with Crippen LogP contribution in [0.15, 0.2) is 30.3 Å². The molecule has 1 aliphatic rings. The standard InChI is InChI=1S/C14H25OPSi2.5CO.W/c1-17(2,3)14(18(4,5)6)16-13(15-16)12-10-8-7-9-11-12;5*1-2;/h7-11,13-14H,1-6H3;;;;;;/t13-,16+;;;;;;/m0....../s1. The molecule has 1 aromatic carbocycles. The first-order valence-electron chi connectivity index (χ1n) is 7.73. The van der Waals surface area contributed by atoms with E-state index in [4.69, 9.17) is 27.8 Å².